The van der Waals surface area contributed by atoms with E-state index in [0.717, 1.165) is 17.0 Å². The fourth-order valence-electron chi connectivity index (χ4n) is 1.31. The molecular formula is C12H11NS. The van der Waals surface area contributed by atoms with Gasteiger partial charge in [-0.3, -0.25) is 4.98 Å². The number of nitrogens with zero attached hydrogens (tertiary/aromatic N) is 1. The molecule has 1 nitrogen and oxygen atoms in total. The largest absolute Gasteiger partial charge is 0.256 e. The quantitative estimate of drug-likeness (QED) is 0.736. The summed E-state index contributed by atoms with van der Waals surface area (Å²) in [4.78, 5) is 4.29. The van der Waals surface area contributed by atoms with Gasteiger partial charge in [-0.1, -0.05) is 30.3 Å². The summed E-state index contributed by atoms with van der Waals surface area (Å²) in [6, 6.07) is 14.2. The van der Waals surface area contributed by atoms with E-state index in [1.54, 1.807) is 0 Å². The topological polar surface area (TPSA) is 12.9 Å². The highest BCUT2D eigenvalue weighted by atomic mass is 32.1. The molecule has 2 rings (SSSR count). The second-order valence-electron chi connectivity index (χ2n) is 3.07. The minimum atomic E-state index is 0.780. The van der Waals surface area contributed by atoms with Crippen LogP contribution in [0, 0.1) is 0 Å². The Bertz CT molecular complexity index is 394. The molecule has 1 aromatic carbocycles. The lowest BCUT2D eigenvalue weighted by Gasteiger charge is -2.01. The van der Waals surface area contributed by atoms with Crippen molar-refractivity contribution in [1.82, 2.24) is 4.98 Å². The molecule has 70 valence electrons. The molecule has 0 radical (unpaired) electrons. The highest BCUT2D eigenvalue weighted by Crippen LogP contribution is 2.17. The molecule has 0 amide bonds. The summed E-state index contributed by atoms with van der Waals surface area (Å²) in [5, 5.41) is 0. The summed E-state index contributed by atoms with van der Waals surface area (Å²) in [7, 11) is 0. The van der Waals surface area contributed by atoms with Crippen LogP contribution in [-0.2, 0) is 5.75 Å². The summed E-state index contributed by atoms with van der Waals surface area (Å²) < 4.78 is 0. The van der Waals surface area contributed by atoms with Crippen LogP contribution in [-0.4, -0.2) is 4.98 Å². The lowest BCUT2D eigenvalue weighted by atomic mass is 10.1. The molecule has 1 aromatic heterocycles. The average Bonchev–Trinajstić information content (AvgIpc) is 2.30. The van der Waals surface area contributed by atoms with Gasteiger partial charge in [-0.05, 0) is 17.7 Å². The Morgan fingerprint density at radius 2 is 1.79 bits per heavy atom. The molecule has 0 saturated carbocycles. The molecular weight excluding hydrogens is 190 g/mol. The predicted octanol–water partition coefficient (Wildman–Crippen LogP) is 3.18. The lowest BCUT2D eigenvalue weighted by Crippen LogP contribution is -1.82. The standard InChI is InChI=1S/C12H11NS/c14-9-10-4-6-11(7-5-10)12-3-1-2-8-13-12/h1-8,14H,9H2. The Labute approximate surface area is 89.2 Å². The molecule has 0 aliphatic rings. The fraction of sp³-hybridized carbons (Fsp3) is 0.0833. The predicted molar refractivity (Wildman–Crippen MR) is 62.4 cm³/mol. The summed E-state index contributed by atoms with van der Waals surface area (Å²) in [6.07, 6.45) is 1.81. The van der Waals surface area contributed by atoms with E-state index in [9.17, 15) is 0 Å². The number of pyridine rings is 1. The van der Waals surface area contributed by atoms with E-state index in [2.05, 4.69) is 41.9 Å². The van der Waals surface area contributed by atoms with Crippen molar-refractivity contribution in [3.63, 3.8) is 0 Å². The summed E-state index contributed by atoms with van der Waals surface area (Å²) >= 11 is 4.22. The van der Waals surface area contributed by atoms with Crippen LogP contribution in [0.3, 0.4) is 0 Å². The Hall–Kier alpha value is -1.28. The van der Waals surface area contributed by atoms with Crippen LogP contribution in [0.4, 0.5) is 0 Å². The van der Waals surface area contributed by atoms with Crippen molar-refractivity contribution in [2.24, 2.45) is 0 Å². The Balaban J connectivity index is 2.34. The summed E-state index contributed by atoms with van der Waals surface area (Å²) in [5.41, 5.74) is 3.39. The van der Waals surface area contributed by atoms with Crippen molar-refractivity contribution in [1.29, 1.82) is 0 Å². The van der Waals surface area contributed by atoms with E-state index in [0.29, 0.717) is 0 Å². The maximum atomic E-state index is 4.29. The van der Waals surface area contributed by atoms with E-state index >= 15 is 0 Å². The first-order valence-electron chi connectivity index (χ1n) is 4.51. The van der Waals surface area contributed by atoms with Gasteiger partial charge < -0.3 is 0 Å². The molecule has 1 heterocycles. The van der Waals surface area contributed by atoms with Gasteiger partial charge in [0.25, 0.3) is 0 Å². The van der Waals surface area contributed by atoms with Crippen LogP contribution in [0.25, 0.3) is 11.3 Å². The van der Waals surface area contributed by atoms with Gasteiger partial charge >= 0.3 is 0 Å². The van der Waals surface area contributed by atoms with Crippen molar-refractivity contribution in [2.45, 2.75) is 5.75 Å². The Morgan fingerprint density at radius 1 is 1.00 bits per heavy atom. The van der Waals surface area contributed by atoms with Crippen LogP contribution in [0.1, 0.15) is 5.56 Å². The highest BCUT2D eigenvalue weighted by Gasteiger charge is 1.96. The Morgan fingerprint density at radius 3 is 2.36 bits per heavy atom. The first kappa shape index (κ1) is 9.28. The zero-order chi connectivity index (χ0) is 9.80. The second kappa shape index (κ2) is 4.29. The van der Waals surface area contributed by atoms with E-state index in [1.165, 1.54) is 5.56 Å². The first-order chi connectivity index (χ1) is 6.90. The van der Waals surface area contributed by atoms with Crippen molar-refractivity contribution < 1.29 is 0 Å². The number of aromatic nitrogens is 1. The molecule has 0 bridgehead atoms. The van der Waals surface area contributed by atoms with Crippen LogP contribution in [0.15, 0.2) is 48.7 Å². The van der Waals surface area contributed by atoms with Gasteiger partial charge in [0.2, 0.25) is 0 Å². The third-order valence-electron chi connectivity index (χ3n) is 2.10. The van der Waals surface area contributed by atoms with Gasteiger partial charge in [-0.2, -0.15) is 12.6 Å². The average molecular weight is 201 g/mol. The lowest BCUT2D eigenvalue weighted by molar-refractivity contribution is 1.32. The number of thiol groups is 1. The molecule has 0 saturated heterocycles. The molecule has 0 atom stereocenters. The molecule has 0 aliphatic heterocycles. The number of rotatable bonds is 2. The van der Waals surface area contributed by atoms with E-state index < -0.39 is 0 Å². The van der Waals surface area contributed by atoms with Gasteiger partial charge in [-0.25, -0.2) is 0 Å². The van der Waals surface area contributed by atoms with Crippen LogP contribution in [0.2, 0.25) is 0 Å². The van der Waals surface area contributed by atoms with Gasteiger partial charge in [0.15, 0.2) is 0 Å². The molecule has 2 aromatic rings. The van der Waals surface area contributed by atoms with Crippen LogP contribution < -0.4 is 0 Å². The fourth-order valence-corrected chi connectivity index (χ4v) is 1.53. The molecule has 0 spiro atoms. The van der Waals surface area contributed by atoms with Gasteiger partial charge in [0, 0.05) is 17.5 Å². The van der Waals surface area contributed by atoms with Gasteiger partial charge in [0.1, 0.15) is 0 Å². The second-order valence-corrected chi connectivity index (χ2v) is 3.39. The van der Waals surface area contributed by atoms with E-state index in [1.807, 2.05) is 24.4 Å². The van der Waals surface area contributed by atoms with Crippen molar-refractivity contribution in [3.05, 3.63) is 54.2 Å². The summed E-state index contributed by atoms with van der Waals surface area (Å²) in [6.45, 7) is 0. The molecule has 14 heavy (non-hydrogen) atoms. The minimum Gasteiger partial charge on any atom is -0.256 e. The number of hydrogen-bond acceptors (Lipinski definition) is 2. The van der Waals surface area contributed by atoms with E-state index in [4.69, 9.17) is 0 Å². The monoisotopic (exact) mass is 201 g/mol. The molecule has 0 aliphatic carbocycles. The molecule has 2 heteroatoms. The third kappa shape index (κ3) is 1.96. The molecule has 0 fully saturated rings. The van der Waals surface area contributed by atoms with Crippen molar-refractivity contribution in [3.8, 4) is 11.3 Å². The maximum absolute atomic E-state index is 4.29. The zero-order valence-electron chi connectivity index (χ0n) is 7.72. The zero-order valence-corrected chi connectivity index (χ0v) is 8.61. The third-order valence-corrected chi connectivity index (χ3v) is 2.46. The summed E-state index contributed by atoms with van der Waals surface area (Å²) in [5.74, 6) is 0.780. The highest BCUT2D eigenvalue weighted by molar-refractivity contribution is 7.79. The van der Waals surface area contributed by atoms with Crippen molar-refractivity contribution >= 4 is 12.6 Å². The number of hydrogen-bond donors (Lipinski definition) is 1. The van der Waals surface area contributed by atoms with E-state index in [-0.39, 0.29) is 0 Å². The molecule has 0 N–H and O–H groups in total. The van der Waals surface area contributed by atoms with Gasteiger partial charge in [0.05, 0.1) is 5.69 Å². The van der Waals surface area contributed by atoms with Crippen molar-refractivity contribution in [2.75, 3.05) is 0 Å². The minimum absolute atomic E-state index is 0.780. The Kier molecular flexibility index (Phi) is 2.84. The smallest absolute Gasteiger partial charge is 0.0701 e. The van der Waals surface area contributed by atoms with Crippen LogP contribution in [0.5, 0.6) is 0 Å². The van der Waals surface area contributed by atoms with Crippen LogP contribution >= 0.6 is 12.6 Å². The molecule has 0 unspecified atom stereocenters. The van der Waals surface area contributed by atoms with Gasteiger partial charge in [-0.15, -0.1) is 0 Å². The number of benzene rings is 1. The first-order valence-corrected chi connectivity index (χ1v) is 5.14. The maximum Gasteiger partial charge on any atom is 0.0701 e. The SMILES string of the molecule is SCc1ccc(-c2ccccn2)cc1. The normalized spacial score (nSPS) is 10.1.